The average molecular weight is 306 g/mol. The summed E-state index contributed by atoms with van der Waals surface area (Å²) in [5.41, 5.74) is 12.6. The van der Waals surface area contributed by atoms with Crippen molar-refractivity contribution in [3.05, 3.63) is 29.3 Å². The van der Waals surface area contributed by atoms with Gasteiger partial charge in [0.1, 0.15) is 5.66 Å². The highest BCUT2D eigenvalue weighted by Gasteiger charge is 2.43. The average Bonchev–Trinajstić information content (AvgIpc) is 2.44. The summed E-state index contributed by atoms with van der Waals surface area (Å²) in [5, 5.41) is 0.695. The molecule has 21 heavy (non-hydrogen) atoms. The van der Waals surface area contributed by atoms with E-state index in [4.69, 9.17) is 23.1 Å². The zero-order valence-corrected chi connectivity index (χ0v) is 12.8. The first-order chi connectivity index (χ1) is 10.00. The largest absolute Gasteiger partial charge is 0.369 e. The van der Waals surface area contributed by atoms with Crippen LogP contribution >= 0.6 is 11.6 Å². The van der Waals surface area contributed by atoms with Crippen molar-refractivity contribution >= 4 is 29.2 Å². The van der Waals surface area contributed by atoms with E-state index in [-0.39, 0.29) is 5.96 Å². The Morgan fingerprint density at radius 3 is 2.43 bits per heavy atom. The predicted molar refractivity (Wildman–Crippen MR) is 87.5 cm³/mol. The van der Waals surface area contributed by atoms with Crippen molar-refractivity contribution < 1.29 is 0 Å². The van der Waals surface area contributed by atoms with E-state index in [2.05, 4.69) is 16.9 Å². The Bertz CT molecular complexity index is 585. The van der Waals surface area contributed by atoms with Gasteiger partial charge in [0.2, 0.25) is 11.9 Å². The summed E-state index contributed by atoms with van der Waals surface area (Å²) in [7, 11) is 0. The van der Waals surface area contributed by atoms with Crippen LogP contribution in [0.3, 0.4) is 0 Å². The molecule has 0 radical (unpaired) electrons. The minimum absolute atomic E-state index is 0.271. The molecule has 1 aliphatic carbocycles. The molecule has 0 bridgehead atoms. The third-order valence-corrected chi connectivity index (χ3v) is 4.61. The number of aliphatic imine (C=N–C) groups is 2. The summed E-state index contributed by atoms with van der Waals surface area (Å²) in [5.74, 6) is 1.38. The van der Waals surface area contributed by atoms with Gasteiger partial charge in [0.15, 0.2) is 0 Å². The Morgan fingerprint density at radius 1 is 1.19 bits per heavy atom. The molecular weight excluding hydrogens is 286 g/mol. The number of benzene rings is 1. The maximum absolute atomic E-state index is 6.16. The van der Waals surface area contributed by atoms with E-state index >= 15 is 0 Å². The number of nitrogens with zero attached hydrogens (tertiary/aromatic N) is 3. The minimum Gasteiger partial charge on any atom is -0.369 e. The number of rotatable bonds is 1. The summed E-state index contributed by atoms with van der Waals surface area (Å²) < 4.78 is 0. The normalized spacial score (nSPS) is 29.2. The van der Waals surface area contributed by atoms with E-state index in [9.17, 15) is 0 Å². The lowest BCUT2D eigenvalue weighted by atomic mass is 9.81. The molecule has 112 valence electrons. The standard InChI is InChI=1S/C15H20ClN5/c1-10-6-8-15(9-7-10)20-13(17)19-14(18)21(15)12-4-2-11(16)3-5-12/h2-5,10H,6-9H2,1H3,(H4,17,18,19,20). The number of hydrogen-bond donors (Lipinski definition) is 2. The van der Waals surface area contributed by atoms with Crippen LogP contribution in [0, 0.1) is 5.92 Å². The van der Waals surface area contributed by atoms with Gasteiger partial charge in [-0.05, 0) is 55.9 Å². The lowest BCUT2D eigenvalue weighted by Crippen LogP contribution is -2.58. The Labute approximate surface area is 129 Å². The number of anilines is 1. The fourth-order valence-corrected chi connectivity index (χ4v) is 3.32. The van der Waals surface area contributed by atoms with Crippen LogP contribution in [0.4, 0.5) is 5.69 Å². The molecule has 4 N–H and O–H groups in total. The summed E-state index contributed by atoms with van der Waals surface area (Å²) in [4.78, 5) is 10.8. The zero-order valence-electron chi connectivity index (χ0n) is 12.1. The smallest absolute Gasteiger partial charge is 0.220 e. The first-order valence-electron chi connectivity index (χ1n) is 7.25. The van der Waals surface area contributed by atoms with Crippen LogP contribution in [-0.4, -0.2) is 17.6 Å². The molecule has 5 nitrogen and oxygen atoms in total. The first kappa shape index (κ1) is 14.2. The minimum atomic E-state index is -0.406. The van der Waals surface area contributed by atoms with Gasteiger partial charge in [-0.25, -0.2) is 4.99 Å². The molecular formula is C15H20ClN5. The predicted octanol–water partition coefficient (Wildman–Crippen LogP) is 2.70. The van der Waals surface area contributed by atoms with Gasteiger partial charge in [0, 0.05) is 10.7 Å². The van der Waals surface area contributed by atoms with Gasteiger partial charge in [-0.2, -0.15) is 4.99 Å². The molecule has 0 amide bonds. The number of halogens is 1. The van der Waals surface area contributed by atoms with Gasteiger partial charge in [-0.1, -0.05) is 18.5 Å². The van der Waals surface area contributed by atoms with E-state index in [1.807, 2.05) is 29.2 Å². The van der Waals surface area contributed by atoms with E-state index in [0.717, 1.165) is 31.4 Å². The molecule has 3 rings (SSSR count). The highest BCUT2D eigenvalue weighted by Crippen LogP contribution is 2.41. The lowest BCUT2D eigenvalue weighted by Gasteiger charge is -2.46. The Hall–Kier alpha value is -1.75. The highest BCUT2D eigenvalue weighted by molar-refractivity contribution is 6.30. The second-order valence-electron chi connectivity index (χ2n) is 5.92. The maximum atomic E-state index is 6.16. The molecule has 1 saturated carbocycles. The molecule has 1 spiro atoms. The molecule has 1 fully saturated rings. The Kier molecular flexibility index (Phi) is 3.53. The second-order valence-corrected chi connectivity index (χ2v) is 6.35. The Morgan fingerprint density at radius 2 is 1.81 bits per heavy atom. The van der Waals surface area contributed by atoms with Crippen LogP contribution < -0.4 is 16.4 Å². The van der Waals surface area contributed by atoms with Crippen molar-refractivity contribution in [1.29, 1.82) is 0 Å². The Balaban J connectivity index is 2.02. The molecule has 1 heterocycles. The van der Waals surface area contributed by atoms with Crippen molar-refractivity contribution in [2.75, 3.05) is 4.90 Å². The molecule has 2 aliphatic rings. The van der Waals surface area contributed by atoms with Gasteiger partial charge < -0.3 is 11.5 Å². The molecule has 1 aliphatic heterocycles. The van der Waals surface area contributed by atoms with Crippen molar-refractivity contribution in [3.63, 3.8) is 0 Å². The topological polar surface area (TPSA) is 80.0 Å². The van der Waals surface area contributed by atoms with Crippen LogP contribution in [-0.2, 0) is 0 Å². The number of guanidine groups is 2. The fraction of sp³-hybridized carbons (Fsp3) is 0.467. The fourth-order valence-electron chi connectivity index (χ4n) is 3.19. The van der Waals surface area contributed by atoms with Crippen molar-refractivity contribution in [1.82, 2.24) is 0 Å². The zero-order chi connectivity index (χ0) is 15.0. The van der Waals surface area contributed by atoms with E-state index in [1.165, 1.54) is 0 Å². The molecule has 0 unspecified atom stereocenters. The summed E-state index contributed by atoms with van der Waals surface area (Å²) in [6, 6.07) is 7.60. The summed E-state index contributed by atoms with van der Waals surface area (Å²) in [6.07, 6.45) is 4.06. The summed E-state index contributed by atoms with van der Waals surface area (Å²) in [6.45, 7) is 2.27. The molecule has 0 atom stereocenters. The lowest BCUT2D eigenvalue weighted by molar-refractivity contribution is 0.252. The van der Waals surface area contributed by atoms with Crippen molar-refractivity contribution in [2.24, 2.45) is 27.4 Å². The van der Waals surface area contributed by atoms with Gasteiger partial charge in [-0.15, -0.1) is 0 Å². The maximum Gasteiger partial charge on any atom is 0.220 e. The highest BCUT2D eigenvalue weighted by atomic mass is 35.5. The quantitative estimate of drug-likeness (QED) is 0.837. The SMILES string of the molecule is CC1CCC2(CC1)N=C(N)N=C(N)N2c1ccc(Cl)cc1. The van der Waals surface area contributed by atoms with Crippen LogP contribution in [0.25, 0.3) is 0 Å². The van der Waals surface area contributed by atoms with Crippen LogP contribution in [0.2, 0.25) is 5.02 Å². The van der Waals surface area contributed by atoms with Gasteiger partial charge in [0.25, 0.3) is 0 Å². The van der Waals surface area contributed by atoms with Crippen LogP contribution in [0.1, 0.15) is 32.6 Å². The van der Waals surface area contributed by atoms with E-state index in [1.54, 1.807) is 0 Å². The molecule has 0 aromatic heterocycles. The van der Waals surface area contributed by atoms with Gasteiger partial charge >= 0.3 is 0 Å². The summed E-state index contributed by atoms with van der Waals surface area (Å²) >= 11 is 5.98. The second kappa shape index (κ2) is 5.22. The van der Waals surface area contributed by atoms with Crippen molar-refractivity contribution in [2.45, 2.75) is 38.3 Å². The first-order valence-corrected chi connectivity index (χ1v) is 7.63. The number of nitrogens with two attached hydrogens (primary N) is 2. The molecule has 6 heteroatoms. The monoisotopic (exact) mass is 305 g/mol. The van der Waals surface area contributed by atoms with Gasteiger partial charge in [-0.3, -0.25) is 4.90 Å². The molecule has 0 saturated heterocycles. The molecule has 1 aromatic carbocycles. The van der Waals surface area contributed by atoms with E-state index in [0.29, 0.717) is 16.9 Å². The number of hydrogen-bond acceptors (Lipinski definition) is 5. The van der Waals surface area contributed by atoms with Crippen LogP contribution in [0.15, 0.2) is 34.3 Å². The van der Waals surface area contributed by atoms with Crippen LogP contribution in [0.5, 0.6) is 0 Å². The third-order valence-electron chi connectivity index (χ3n) is 4.36. The van der Waals surface area contributed by atoms with E-state index < -0.39 is 5.66 Å². The van der Waals surface area contributed by atoms with Crippen molar-refractivity contribution in [3.8, 4) is 0 Å². The van der Waals surface area contributed by atoms with Gasteiger partial charge in [0.05, 0.1) is 0 Å². The molecule has 1 aromatic rings. The third kappa shape index (κ3) is 2.58.